The number of rotatable bonds is 4. The molecule has 5 nitrogen and oxygen atoms in total. The summed E-state index contributed by atoms with van der Waals surface area (Å²) >= 11 is 0. The van der Waals surface area contributed by atoms with Crippen molar-refractivity contribution in [2.45, 2.75) is 63.8 Å². The van der Waals surface area contributed by atoms with Crippen LogP contribution < -0.4 is 5.32 Å². The number of nitrogens with one attached hydrogen (secondary N) is 1. The van der Waals surface area contributed by atoms with Gasteiger partial charge in [-0.15, -0.1) is 0 Å². The third kappa shape index (κ3) is 3.49. The van der Waals surface area contributed by atoms with Crippen molar-refractivity contribution in [1.29, 1.82) is 0 Å². The molecule has 29 heavy (non-hydrogen) atoms. The van der Waals surface area contributed by atoms with Gasteiger partial charge in [0, 0.05) is 0 Å². The first-order chi connectivity index (χ1) is 13.5. The molecule has 1 aliphatic heterocycles. The number of fused-ring (bicyclic) bond motifs is 1. The van der Waals surface area contributed by atoms with Crippen molar-refractivity contribution in [1.82, 2.24) is 5.32 Å². The summed E-state index contributed by atoms with van der Waals surface area (Å²) in [7, 11) is 0. The number of aliphatic hydroxyl groups is 1. The Morgan fingerprint density at radius 3 is 2.69 bits per heavy atom. The van der Waals surface area contributed by atoms with Crippen LogP contribution in [0.3, 0.4) is 0 Å². The second-order valence-corrected chi connectivity index (χ2v) is 8.90. The average molecular weight is 415 g/mol. The molecule has 0 aromatic rings. The van der Waals surface area contributed by atoms with Crippen molar-refractivity contribution < 1.29 is 32.6 Å². The van der Waals surface area contributed by atoms with Gasteiger partial charge >= 0.3 is 12.1 Å². The smallest absolute Gasteiger partial charge is 0.417 e. The summed E-state index contributed by atoms with van der Waals surface area (Å²) in [6.45, 7) is 7.71. The van der Waals surface area contributed by atoms with E-state index < -0.39 is 35.1 Å². The summed E-state index contributed by atoms with van der Waals surface area (Å²) in [6.07, 6.45) is -0.960. The van der Waals surface area contributed by atoms with Crippen molar-refractivity contribution >= 4 is 12.4 Å². The van der Waals surface area contributed by atoms with Crippen LogP contribution in [0.5, 0.6) is 0 Å². The molecule has 0 bridgehead atoms. The Hall–Kier alpha value is -1.83. The van der Waals surface area contributed by atoms with Crippen molar-refractivity contribution in [2.24, 2.45) is 23.2 Å². The number of hydrogen-bond donors (Lipinski definition) is 2. The van der Waals surface area contributed by atoms with Crippen LogP contribution >= 0.6 is 0 Å². The zero-order valence-electron chi connectivity index (χ0n) is 16.7. The van der Waals surface area contributed by atoms with Crippen molar-refractivity contribution in [3.8, 4) is 0 Å². The van der Waals surface area contributed by atoms with Crippen LogP contribution in [0.1, 0.15) is 46.0 Å². The molecule has 6 atom stereocenters. The summed E-state index contributed by atoms with van der Waals surface area (Å²) in [6, 6.07) is -0.513. The number of hydrogen-bond acceptors (Lipinski definition) is 4. The van der Waals surface area contributed by atoms with Gasteiger partial charge in [0.1, 0.15) is 6.61 Å². The molecule has 0 radical (unpaired) electrons. The molecule has 0 aromatic heterocycles. The van der Waals surface area contributed by atoms with E-state index in [2.05, 4.69) is 11.9 Å². The molecule has 3 rings (SSSR count). The number of allylic oxidation sites excluding steroid dienone is 2. The van der Waals surface area contributed by atoms with E-state index in [4.69, 9.17) is 4.74 Å². The number of cyclic esters (lactones) is 1. The minimum absolute atomic E-state index is 0.0740. The van der Waals surface area contributed by atoms with E-state index in [0.717, 1.165) is 5.57 Å². The molecule has 0 aromatic carbocycles. The Morgan fingerprint density at radius 1 is 1.38 bits per heavy atom. The highest BCUT2D eigenvalue weighted by Crippen LogP contribution is 2.62. The van der Waals surface area contributed by atoms with E-state index in [0.29, 0.717) is 31.2 Å². The van der Waals surface area contributed by atoms with Crippen molar-refractivity contribution in [3.63, 3.8) is 0 Å². The molecule has 0 spiro atoms. The summed E-state index contributed by atoms with van der Waals surface area (Å²) in [5.41, 5.74) is -1.81. The van der Waals surface area contributed by atoms with E-state index in [1.807, 2.05) is 6.92 Å². The number of halogens is 3. The number of alkyl halides is 3. The van der Waals surface area contributed by atoms with Crippen molar-refractivity contribution in [3.05, 3.63) is 23.8 Å². The second-order valence-electron chi connectivity index (χ2n) is 8.90. The van der Waals surface area contributed by atoms with Crippen LogP contribution in [0.2, 0.25) is 0 Å². The van der Waals surface area contributed by atoms with Gasteiger partial charge in [-0.05, 0) is 55.3 Å². The lowest BCUT2D eigenvalue weighted by molar-refractivity contribution is -0.306. The van der Waals surface area contributed by atoms with Crippen molar-refractivity contribution in [2.75, 3.05) is 6.61 Å². The van der Waals surface area contributed by atoms with Gasteiger partial charge in [0.2, 0.25) is 6.41 Å². The molecule has 1 amide bonds. The van der Waals surface area contributed by atoms with E-state index in [-0.39, 0.29) is 31.3 Å². The Labute approximate surface area is 168 Å². The summed E-state index contributed by atoms with van der Waals surface area (Å²) in [5.74, 6) is -1.84. The molecule has 162 valence electrons. The molecular formula is C21H28F3NO4. The van der Waals surface area contributed by atoms with E-state index in [1.54, 1.807) is 6.08 Å². The van der Waals surface area contributed by atoms with E-state index in [9.17, 15) is 27.9 Å². The van der Waals surface area contributed by atoms with Crippen LogP contribution in [-0.4, -0.2) is 41.9 Å². The molecule has 0 unspecified atom stereocenters. The van der Waals surface area contributed by atoms with Gasteiger partial charge in [-0.1, -0.05) is 32.1 Å². The zero-order valence-corrected chi connectivity index (χ0v) is 16.7. The molecule has 1 saturated heterocycles. The highest BCUT2D eigenvalue weighted by Gasteiger charge is 2.65. The Bertz CT molecular complexity index is 734. The Kier molecular flexibility index (Phi) is 5.62. The fourth-order valence-corrected chi connectivity index (χ4v) is 5.77. The molecular weight excluding hydrogens is 387 g/mol. The normalized spacial score (nSPS) is 41.8. The number of esters is 1. The maximum atomic E-state index is 13.6. The predicted octanol–water partition coefficient (Wildman–Crippen LogP) is 3.29. The Balaban J connectivity index is 1.87. The fraction of sp³-hybridized carbons (Fsp3) is 0.714. The standard InChI is InChI=1S/C21H28F3NO4/c1-12-4-6-16-13(2)20(28,21(22,23)24)9-8-19(16,3)15(12)7-5-14-17(25-11-26)10-29-18(14)27/h5,11,13,15-17,28H,1,4,6-10H2,2-3H3,(H,25,26)/b14-5+/t13-,15-,16-,17-,19+,20+/m1/s1. The molecule has 1 heterocycles. The first-order valence-electron chi connectivity index (χ1n) is 9.99. The minimum Gasteiger partial charge on any atom is -0.460 e. The molecule has 2 aliphatic carbocycles. The number of ether oxygens (including phenoxy) is 1. The molecule has 2 N–H and O–H groups in total. The van der Waals surface area contributed by atoms with Gasteiger partial charge in [-0.25, -0.2) is 4.79 Å². The summed E-state index contributed by atoms with van der Waals surface area (Å²) in [4.78, 5) is 22.8. The van der Waals surface area contributed by atoms with Crippen LogP contribution in [0.4, 0.5) is 13.2 Å². The fourth-order valence-electron chi connectivity index (χ4n) is 5.77. The maximum absolute atomic E-state index is 13.6. The lowest BCUT2D eigenvalue weighted by atomic mass is 9.48. The topological polar surface area (TPSA) is 75.6 Å². The van der Waals surface area contributed by atoms with Crippen LogP contribution in [-0.2, 0) is 14.3 Å². The molecule has 2 saturated carbocycles. The lowest BCUT2D eigenvalue weighted by Crippen LogP contribution is -2.61. The molecule has 8 heteroatoms. The van der Waals surface area contributed by atoms with E-state index >= 15 is 0 Å². The van der Waals surface area contributed by atoms with Gasteiger partial charge in [0.15, 0.2) is 5.60 Å². The van der Waals surface area contributed by atoms with E-state index in [1.165, 1.54) is 6.92 Å². The number of carbonyl (C=O) groups excluding carboxylic acids is 2. The summed E-state index contributed by atoms with van der Waals surface area (Å²) in [5, 5.41) is 13.0. The Morgan fingerprint density at radius 2 is 2.07 bits per heavy atom. The zero-order chi connectivity index (χ0) is 21.6. The van der Waals surface area contributed by atoms with Gasteiger partial charge in [0.05, 0.1) is 11.6 Å². The lowest BCUT2D eigenvalue weighted by Gasteiger charge is -2.58. The SMILES string of the molecule is C=C1CC[C@@H]2[C@@H](C)[C@](O)(C(F)(F)F)CC[C@@]2(C)[C@@H]1C/C=C1/C(=O)OC[C@H]1NC=O. The molecule has 3 aliphatic rings. The maximum Gasteiger partial charge on any atom is 0.417 e. The highest BCUT2D eigenvalue weighted by molar-refractivity contribution is 5.92. The van der Waals surface area contributed by atoms with Crippen LogP contribution in [0, 0.1) is 23.2 Å². The predicted molar refractivity (Wildman–Crippen MR) is 99.5 cm³/mol. The van der Waals surface area contributed by atoms with Gasteiger partial charge in [-0.2, -0.15) is 13.2 Å². The molecule has 3 fully saturated rings. The first kappa shape index (κ1) is 21.9. The quantitative estimate of drug-likeness (QED) is 0.320. The largest absolute Gasteiger partial charge is 0.460 e. The number of amides is 1. The van der Waals surface area contributed by atoms with Gasteiger partial charge < -0.3 is 15.2 Å². The highest BCUT2D eigenvalue weighted by atomic mass is 19.4. The average Bonchev–Trinajstić information content (AvgIpc) is 2.97. The number of carbonyl (C=O) groups is 2. The third-order valence-electron chi connectivity index (χ3n) is 7.64. The minimum atomic E-state index is -4.67. The summed E-state index contributed by atoms with van der Waals surface area (Å²) < 4.78 is 45.7. The third-order valence-corrected chi connectivity index (χ3v) is 7.64. The van der Waals surface area contributed by atoms with Gasteiger partial charge in [-0.3, -0.25) is 4.79 Å². The van der Waals surface area contributed by atoms with Crippen LogP contribution in [0.15, 0.2) is 23.8 Å². The van der Waals surface area contributed by atoms with Crippen LogP contribution in [0.25, 0.3) is 0 Å². The second kappa shape index (κ2) is 7.45. The first-order valence-corrected chi connectivity index (χ1v) is 9.99. The van der Waals surface area contributed by atoms with Gasteiger partial charge in [0.25, 0.3) is 0 Å². The monoisotopic (exact) mass is 415 g/mol.